The van der Waals surface area contributed by atoms with Crippen LogP contribution in [0.5, 0.6) is 0 Å². The average molecular weight is 283 g/mol. The molecule has 0 aromatic carbocycles. The molecule has 0 atom stereocenters. The fourth-order valence-electron chi connectivity index (χ4n) is 2.02. The van der Waals surface area contributed by atoms with Gasteiger partial charge in [0.2, 0.25) is 5.76 Å². The van der Waals surface area contributed by atoms with Crippen LogP contribution in [0.2, 0.25) is 0 Å². The summed E-state index contributed by atoms with van der Waals surface area (Å²) < 4.78 is 6.66. The topological polar surface area (TPSA) is 77.1 Å². The van der Waals surface area contributed by atoms with E-state index in [9.17, 15) is 4.79 Å². The molecule has 0 aliphatic heterocycles. The Balaban J connectivity index is 1.93. The summed E-state index contributed by atoms with van der Waals surface area (Å²) in [5.74, 6) is 0.546. The highest BCUT2D eigenvalue weighted by molar-refractivity contribution is 6.03. The fraction of sp³-hybridized carbons (Fsp3) is 0.143. The van der Waals surface area contributed by atoms with E-state index in [4.69, 9.17) is 4.42 Å². The molecule has 106 valence electrons. The zero-order valence-electron chi connectivity index (χ0n) is 11.6. The molecule has 3 aromatic rings. The third kappa shape index (κ3) is 2.40. The van der Waals surface area contributed by atoms with Crippen molar-refractivity contribution in [1.82, 2.24) is 19.7 Å². The lowest BCUT2D eigenvalue weighted by Crippen LogP contribution is -2.27. The quantitative estimate of drug-likeness (QED) is 0.731. The Kier molecular flexibility index (Phi) is 3.23. The molecule has 0 N–H and O–H groups in total. The Morgan fingerprint density at radius 2 is 2.19 bits per heavy atom. The number of pyridine rings is 1. The van der Waals surface area contributed by atoms with E-state index in [-0.39, 0.29) is 11.7 Å². The van der Waals surface area contributed by atoms with E-state index in [1.54, 1.807) is 31.2 Å². The molecule has 0 aliphatic rings. The number of aryl methyl sites for hydroxylation is 1. The number of anilines is 1. The lowest BCUT2D eigenvalue weighted by atomic mass is 10.2. The van der Waals surface area contributed by atoms with Gasteiger partial charge in [0.05, 0.1) is 11.9 Å². The second-order valence-corrected chi connectivity index (χ2v) is 4.48. The summed E-state index contributed by atoms with van der Waals surface area (Å²) in [5, 5.41) is 4.40. The third-order valence-electron chi connectivity index (χ3n) is 3.10. The van der Waals surface area contributed by atoms with Crippen LogP contribution in [0.15, 0.2) is 47.6 Å². The van der Waals surface area contributed by atoms with Gasteiger partial charge in [-0.15, -0.1) is 0 Å². The normalized spacial score (nSPS) is 10.6. The van der Waals surface area contributed by atoms with Gasteiger partial charge in [0.25, 0.3) is 5.91 Å². The van der Waals surface area contributed by atoms with Crippen LogP contribution in [-0.2, 0) is 7.05 Å². The molecule has 7 nitrogen and oxygen atoms in total. The van der Waals surface area contributed by atoms with Gasteiger partial charge < -0.3 is 4.42 Å². The Labute approximate surface area is 120 Å². The molecule has 0 aliphatic carbocycles. The maximum atomic E-state index is 12.2. The largest absolute Gasteiger partial charge is 0.438 e. The van der Waals surface area contributed by atoms with E-state index >= 15 is 0 Å². The lowest BCUT2D eigenvalue weighted by Gasteiger charge is -2.14. The summed E-state index contributed by atoms with van der Waals surface area (Å²) in [7, 11) is 3.44. The molecule has 0 unspecified atom stereocenters. The number of hydrogen-bond donors (Lipinski definition) is 0. The first-order valence-electron chi connectivity index (χ1n) is 6.28. The number of amides is 1. The Morgan fingerprint density at radius 3 is 2.86 bits per heavy atom. The van der Waals surface area contributed by atoms with E-state index in [1.165, 1.54) is 17.5 Å². The van der Waals surface area contributed by atoms with Crippen LogP contribution in [-0.4, -0.2) is 32.7 Å². The molecule has 0 saturated heterocycles. The first-order valence-corrected chi connectivity index (χ1v) is 6.28. The zero-order chi connectivity index (χ0) is 14.8. The van der Waals surface area contributed by atoms with E-state index in [0.717, 1.165) is 11.3 Å². The van der Waals surface area contributed by atoms with E-state index in [1.807, 2.05) is 18.2 Å². The van der Waals surface area contributed by atoms with Crippen molar-refractivity contribution >= 4 is 11.7 Å². The van der Waals surface area contributed by atoms with Gasteiger partial charge in [-0.1, -0.05) is 0 Å². The van der Waals surface area contributed by atoms with Crippen LogP contribution >= 0.6 is 0 Å². The van der Waals surface area contributed by atoms with Gasteiger partial charge in [-0.3, -0.25) is 19.4 Å². The predicted molar refractivity (Wildman–Crippen MR) is 75.7 cm³/mol. The van der Waals surface area contributed by atoms with Crippen LogP contribution in [0.4, 0.5) is 5.82 Å². The van der Waals surface area contributed by atoms with E-state index in [0.29, 0.717) is 5.82 Å². The van der Waals surface area contributed by atoms with Crippen molar-refractivity contribution in [2.75, 3.05) is 11.9 Å². The van der Waals surface area contributed by atoms with Crippen molar-refractivity contribution in [3.05, 3.63) is 48.9 Å². The molecule has 0 radical (unpaired) electrons. The van der Waals surface area contributed by atoms with Crippen molar-refractivity contribution in [3.63, 3.8) is 0 Å². The molecule has 0 fully saturated rings. The van der Waals surface area contributed by atoms with E-state index < -0.39 is 0 Å². The van der Waals surface area contributed by atoms with Crippen molar-refractivity contribution in [2.24, 2.45) is 7.05 Å². The van der Waals surface area contributed by atoms with Crippen LogP contribution in [0.1, 0.15) is 10.6 Å². The minimum atomic E-state index is -0.284. The van der Waals surface area contributed by atoms with Crippen LogP contribution in [0.25, 0.3) is 11.3 Å². The van der Waals surface area contributed by atoms with Gasteiger partial charge in [-0.25, -0.2) is 4.98 Å². The number of hydrogen-bond acceptors (Lipinski definition) is 5. The Hall–Kier alpha value is -2.96. The van der Waals surface area contributed by atoms with Gasteiger partial charge >= 0.3 is 0 Å². The van der Waals surface area contributed by atoms with Crippen molar-refractivity contribution in [2.45, 2.75) is 0 Å². The SMILES string of the molecule is CN(C(=O)c1cnco1)c1cc(-c2cccnc2)nn1C. The Bertz CT molecular complexity index is 749. The molecule has 1 amide bonds. The predicted octanol–water partition coefficient (Wildman–Crippen LogP) is 1.75. The molecule has 3 aromatic heterocycles. The summed E-state index contributed by atoms with van der Waals surface area (Å²) in [6.45, 7) is 0. The van der Waals surface area contributed by atoms with Gasteiger partial charge in [-0.05, 0) is 12.1 Å². The van der Waals surface area contributed by atoms with Crippen molar-refractivity contribution in [1.29, 1.82) is 0 Å². The van der Waals surface area contributed by atoms with Gasteiger partial charge in [0.15, 0.2) is 6.39 Å². The van der Waals surface area contributed by atoms with Crippen molar-refractivity contribution < 1.29 is 9.21 Å². The average Bonchev–Trinajstić information content (AvgIpc) is 3.16. The third-order valence-corrected chi connectivity index (χ3v) is 3.10. The molecule has 7 heteroatoms. The number of aromatic nitrogens is 4. The second kappa shape index (κ2) is 5.20. The van der Waals surface area contributed by atoms with Crippen molar-refractivity contribution in [3.8, 4) is 11.3 Å². The van der Waals surface area contributed by atoms with Crippen LogP contribution < -0.4 is 4.90 Å². The number of carbonyl (C=O) groups is 1. The summed E-state index contributed by atoms with van der Waals surface area (Å²) >= 11 is 0. The highest BCUT2D eigenvalue weighted by Crippen LogP contribution is 2.23. The smallest absolute Gasteiger partial charge is 0.296 e. The summed E-state index contributed by atoms with van der Waals surface area (Å²) in [4.78, 5) is 21.5. The maximum Gasteiger partial charge on any atom is 0.296 e. The van der Waals surface area contributed by atoms with Crippen LogP contribution in [0.3, 0.4) is 0 Å². The summed E-state index contributed by atoms with van der Waals surface area (Å²) in [6.07, 6.45) is 6.04. The zero-order valence-corrected chi connectivity index (χ0v) is 11.6. The molecule has 21 heavy (non-hydrogen) atoms. The monoisotopic (exact) mass is 283 g/mol. The minimum Gasteiger partial charge on any atom is -0.438 e. The summed E-state index contributed by atoms with van der Waals surface area (Å²) in [6, 6.07) is 5.58. The number of oxazole rings is 1. The van der Waals surface area contributed by atoms with Crippen LogP contribution in [0, 0.1) is 0 Å². The minimum absolute atomic E-state index is 0.182. The molecule has 3 heterocycles. The fourth-order valence-corrected chi connectivity index (χ4v) is 2.02. The van der Waals surface area contributed by atoms with Gasteiger partial charge in [-0.2, -0.15) is 5.10 Å². The number of carbonyl (C=O) groups excluding carboxylic acids is 1. The molecule has 0 saturated carbocycles. The first kappa shape index (κ1) is 13.0. The number of rotatable bonds is 3. The van der Waals surface area contributed by atoms with Gasteiger partial charge in [0.1, 0.15) is 5.82 Å². The molecule has 0 bridgehead atoms. The maximum absolute atomic E-state index is 12.2. The highest BCUT2D eigenvalue weighted by atomic mass is 16.3. The molecular formula is C14H13N5O2. The van der Waals surface area contributed by atoms with E-state index in [2.05, 4.69) is 15.1 Å². The Morgan fingerprint density at radius 1 is 1.33 bits per heavy atom. The molecule has 0 spiro atoms. The highest BCUT2D eigenvalue weighted by Gasteiger charge is 2.20. The molecular weight excluding hydrogens is 270 g/mol. The first-order chi connectivity index (χ1) is 10.2. The molecule has 3 rings (SSSR count). The lowest BCUT2D eigenvalue weighted by molar-refractivity contribution is 0.0965. The number of nitrogens with zero attached hydrogens (tertiary/aromatic N) is 5. The summed E-state index contributed by atoms with van der Waals surface area (Å²) in [5.41, 5.74) is 1.64. The second-order valence-electron chi connectivity index (χ2n) is 4.48. The standard InChI is InChI=1S/C14H13N5O2/c1-18(14(20)12-8-16-9-21-12)13-6-11(17-19(13)2)10-4-3-5-15-7-10/h3-9H,1-2H3. The van der Waals surface area contributed by atoms with Gasteiger partial charge in [0, 0.05) is 38.1 Å².